The quantitative estimate of drug-likeness (QED) is 0.840. The molecule has 1 aliphatic carbocycles. The number of piperazine rings is 1. The zero-order valence-corrected chi connectivity index (χ0v) is 15.5. The lowest BCUT2D eigenvalue weighted by Gasteiger charge is -2.41. The topological polar surface area (TPSA) is 32.3 Å². The first-order valence-electron chi connectivity index (χ1n) is 9.55. The standard InChI is InChI=1S/C17H28N4.C2H6/c1-14(2)17-18-12-16(13-19-17)21-10-8-20(9-11-21)15-6-4-3-5-7-15;1-2/h12-15H,3-11H2,1-2H3;1-2H3. The number of aromatic nitrogens is 2. The first-order chi connectivity index (χ1) is 11.2. The predicted octanol–water partition coefficient (Wildman–Crippen LogP) is 4.08. The molecule has 0 spiro atoms. The van der Waals surface area contributed by atoms with Crippen molar-refractivity contribution in [2.45, 2.75) is 71.8 Å². The molecular weight excluding hydrogens is 284 g/mol. The van der Waals surface area contributed by atoms with Crippen molar-refractivity contribution in [2.24, 2.45) is 0 Å². The lowest BCUT2D eigenvalue weighted by atomic mass is 9.94. The Balaban J connectivity index is 0.000000924. The van der Waals surface area contributed by atoms with Gasteiger partial charge in [0.1, 0.15) is 5.82 Å². The average molecular weight is 319 g/mol. The minimum absolute atomic E-state index is 0.405. The smallest absolute Gasteiger partial charge is 0.130 e. The Hall–Kier alpha value is -1.16. The van der Waals surface area contributed by atoms with Gasteiger partial charge < -0.3 is 4.90 Å². The van der Waals surface area contributed by atoms with Gasteiger partial charge in [0.25, 0.3) is 0 Å². The fourth-order valence-corrected chi connectivity index (χ4v) is 3.58. The molecule has 3 rings (SSSR count). The molecule has 1 aromatic heterocycles. The van der Waals surface area contributed by atoms with Crippen LogP contribution in [0.15, 0.2) is 12.4 Å². The highest BCUT2D eigenvalue weighted by Crippen LogP contribution is 2.24. The summed E-state index contributed by atoms with van der Waals surface area (Å²) in [7, 11) is 0. The van der Waals surface area contributed by atoms with Crippen LogP contribution >= 0.6 is 0 Å². The number of hydrogen-bond donors (Lipinski definition) is 0. The third-order valence-electron chi connectivity index (χ3n) is 4.95. The van der Waals surface area contributed by atoms with E-state index in [-0.39, 0.29) is 0 Å². The molecule has 0 aromatic carbocycles. The van der Waals surface area contributed by atoms with Crippen LogP contribution in [0.4, 0.5) is 5.69 Å². The predicted molar refractivity (Wildman–Crippen MR) is 98.1 cm³/mol. The highest BCUT2D eigenvalue weighted by molar-refractivity contribution is 5.42. The third-order valence-corrected chi connectivity index (χ3v) is 4.95. The molecule has 2 heterocycles. The van der Waals surface area contributed by atoms with Gasteiger partial charge in [-0.1, -0.05) is 47.0 Å². The maximum atomic E-state index is 4.50. The Kier molecular flexibility index (Phi) is 7.28. The highest BCUT2D eigenvalue weighted by atomic mass is 15.3. The summed E-state index contributed by atoms with van der Waals surface area (Å²) in [5, 5.41) is 0. The number of nitrogens with zero attached hydrogens (tertiary/aromatic N) is 4. The summed E-state index contributed by atoms with van der Waals surface area (Å²) in [4.78, 5) is 14.1. The molecule has 0 bridgehead atoms. The molecular formula is C19H34N4. The zero-order valence-electron chi connectivity index (χ0n) is 15.5. The van der Waals surface area contributed by atoms with Crippen LogP contribution < -0.4 is 4.90 Å². The molecule has 0 atom stereocenters. The van der Waals surface area contributed by atoms with Gasteiger partial charge in [-0.3, -0.25) is 4.90 Å². The molecule has 0 radical (unpaired) electrons. The van der Waals surface area contributed by atoms with Gasteiger partial charge in [0.15, 0.2) is 0 Å². The van der Waals surface area contributed by atoms with Crippen molar-refractivity contribution in [1.29, 1.82) is 0 Å². The van der Waals surface area contributed by atoms with Crippen molar-refractivity contribution >= 4 is 5.69 Å². The van der Waals surface area contributed by atoms with Crippen LogP contribution in [0, 0.1) is 0 Å². The normalized spacial score (nSPS) is 20.3. The van der Waals surface area contributed by atoms with Gasteiger partial charge in [-0.15, -0.1) is 0 Å². The van der Waals surface area contributed by atoms with E-state index in [1.165, 1.54) is 50.9 Å². The third kappa shape index (κ3) is 4.90. The maximum Gasteiger partial charge on any atom is 0.130 e. The van der Waals surface area contributed by atoms with Crippen molar-refractivity contribution in [1.82, 2.24) is 14.9 Å². The Labute approximate surface area is 142 Å². The summed E-state index contributed by atoms with van der Waals surface area (Å²) < 4.78 is 0. The first kappa shape index (κ1) is 18.2. The van der Waals surface area contributed by atoms with Crippen LogP contribution in [0.3, 0.4) is 0 Å². The molecule has 23 heavy (non-hydrogen) atoms. The molecule has 1 saturated heterocycles. The lowest BCUT2D eigenvalue weighted by Crippen LogP contribution is -2.50. The van der Waals surface area contributed by atoms with Crippen molar-refractivity contribution < 1.29 is 0 Å². The summed E-state index contributed by atoms with van der Waals surface area (Å²) in [5.74, 6) is 1.35. The number of rotatable bonds is 3. The Morgan fingerprint density at radius 3 is 2.00 bits per heavy atom. The van der Waals surface area contributed by atoms with Crippen LogP contribution in [0.5, 0.6) is 0 Å². The average Bonchev–Trinajstić information content (AvgIpc) is 2.64. The molecule has 0 unspecified atom stereocenters. The first-order valence-corrected chi connectivity index (χ1v) is 9.55. The van der Waals surface area contributed by atoms with Gasteiger partial charge in [-0.2, -0.15) is 0 Å². The Morgan fingerprint density at radius 1 is 0.913 bits per heavy atom. The second-order valence-electron chi connectivity index (χ2n) is 6.77. The molecule has 0 N–H and O–H groups in total. The van der Waals surface area contributed by atoms with E-state index in [9.17, 15) is 0 Å². The molecule has 2 aliphatic rings. The van der Waals surface area contributed by atoms with E-state index in [0.717, 1.165) is 25.0 Å². The van der Waals surface area contributed by atoms with Gasteiger partial charge in [-0.25, -0.2) is 9.97 Å². The number of hydrogen-bond acceptors (Lipinski definition) is 4. The van der Waals surface area contributed by atoms with Gasteiger partial charge in [-0.05, 0) is 12.8 Å². The zero-order chi connectivity index (χ0) is 16.7. The van der Waals surface area contributed by atoms with Gasteiger partial charge in [0, 0.05) is 38.1 Å². The molecule has 130 valence electrons. The van der Waals surface area contributed by atoms with Gasteiger partial charge >= 0.3 is 0 Å². The fourth-order valence-electron chi connectivity index (χ4n) is 3.58. The van der Waals surface area contributed by atoms with E-state index >= 15 is 0 Å². The summed E-state index contributed by atoms with van der Waals surface area (Å²) >= 11 is 0. The van der Waals surface area contributed by atoms with Crippen LogP contribution in [0.25, 0.3) is 0 Å². The van der Waals surface area contributed by atoms with Gasteiger partial charge in [0.05, 0.1) is 18.1 Å². The molecule has 1 aliphatic heterocycles. The fraction of sp³-hybridized carbons (Fsp3) is 0.789. The monoisotopic (exact) mass is 318 g/mol. The van der Waals surface area contributed by atoms with E-state index < -0.39 is 0 Å². The highest BCUT2D eigenvalue weighted by Gasteiger charge is 2.25. The Bertz CT molecular complexity index is 429. The summed E-state index contributed by atoms with van der Waals surface area (Å²) in [5.41, 5.74) is 1.18. The van der Waals surface area contributed by atoms with Crippen molar-refractivity contribution in [2.75, 3.05) is 31.1 Å². The minimum Gasteiger partial charge on any atom is -0.366 e. The summed E-state index contributed by atoms with van der Waals surface area (Å²) in [6.07, 6.45) is 11.1. The molecule has 2 fully saturated rings. The number of anilines is 1. The van der Waals surface area contributed by atoms with Crippen molar-refractivity contribution in [3.63, 3.8) is 0 Å². The van der Waals surface area contributed by atoms with Gasteiger partial charge in [0.2, 0.25) is 0 Å². The minimum atomic E-state index is 0.405. The van der Waals surface area contributed by atoms with E-state index in [4.69, 9.17) is 0 Å². The van der Waals surface area contributed by atoms with Crippen LogP contribution in [0.2, 0.25) is 0 Å². The largest absolute Gasteiger partial charge is 0.366 e. The Morgan fingerprint density at radius 2 is 1.48 bits per heavy atom. The maximum absolute atomic E-state index is 4.50. The summed E-state index contributed by atoms with van der Waals surface area (Å²) in [6, 6.07) is 0.848. The molecule has 4 heteroatoms. The molecule has 1 saturated carbocycles. The second kappa shape index (κ2) is 9.21. The van der Waals surface area contributed by atoms with E-state index in [1.807, 2.05) is 26.2 Å². The van der Waals surface area contributed by atoms with Crippen molar-refractivity contribution in [3.05, 3.63) is 18.2 Å². The molecule has 1 aromatic rings. The van der Waals surface area contributed by atoms with E-state index in [1.54, 1.807) is 0 Å². The van der Waals surface area contributed by atoms with Crippen molar-refractivity contribution in [3.8, 4) is 0 Å². The SMILES string of the molecule is CC.CC(C)c1ncc(N2CCN(C3CCCCC3)CC2)cn1. The lowest BCUT2D eigenvalue weighted by molar-refractivity contribution is 0.148. The van der Waals surface area contributed by atoms with Crippen LogP contribution in [-0.4, -0.2) is 47.1 Å². The second-order valence-corrected chi connectivity index (χ2v) is 6.77. The van der Waals surface area contributed by atoms with Crippen LogP contribution in [0.1, 0.15) is 71.5 Å². The van der Waals surface area contributed by atoms with E-state index in [0.29, 0.717) is 5.92 Å². The molecule has 0 amide bonds. The van der Waals surface area contributed by atoms with Crippen LogP contribution in [-0.2, 0) is 0 Å². The summed E-state index contributed by atoms with van der Waals surface area (Å²) in [6.45, 7) is 12.9. The molecule has 4 nitrogen and oxygen atoms in total. The van der Waals surface area contributed by atoms with E-state index in [2.05, 4.69) is 33.6 Å².